The molecular weight excluding hydrogens is 342 g/mol. The predicted octanol–water partition coefficient (Wildman–Crippen LogP) is 5.07. The van der Waals surface area contributed by atoms with Gasteiger partial charge in [-0.1, -0.05) is 47.5 Å². The minimum atomic E-state index is 0.562. The van der Waals surface area contributed by atoms with Crippen LogP contribution in [0.25, 0.3) is 11.1 Å². The Morgan fingerprint density at radius 2 is 1.80 bits per heavy atom. The second-order valence-corrected chi connectivity index (χ2v) is 4.94. The van der Waals surface area contributed by atoms with Crippen molar-refractivity contribution in [2.45, 2.75) is 0 Å². The van der Waals surface area contributed by atoms with Crippen molar-refractivity contribution < 1.29 is 0 Å². The summed E-state index contributed by atoms with van der Waals surface area (Å²) < 4.78 is 1.12. The summed E-state index contributed by atoms with van der Waals surface area (Å²) in [7, 11) is 0. The van der Waals surface area contributed by atoms with Gasteiger partial charge in [0.15, 0.2) is 0 Å². The summed E-state index contributed by atoms with van der Waals surface area (Å²) in [6, 6.07) is 14.4. The first-order valence-corrected chi connectivity index (χ1v) is 6.14. The summed E-state index contributed by atoms with van der Waals surface area (Å²) >= 11 is 14.5. The van der Waals surface area contributed by atoms with Crippen LogP contribution in [-0.4, -0.2) is 0 Å². The maximum Gasteiger partial charge on any atom is 0.0578 e. The topological polar surface area (TPSA) is 0 Å². The number of benzene rings is 2. The summed E-state index contributed by atoms with van der Waals surface area (Å²) in [4.78, 5) is 0. The maximum atomic E-state index is 6.13. The second kappa shape index (κ2) is 4.73. The fraction of sp³-hybridized carbons (Fsp3) is 0. The van der Waals surface area contributed by atoms with Gasteiger partial charge in [-0.05, 0) is 40.3 Å². The lowest BCUT2D eigenvalue weighted by Crippen LogP contribution is -1.85. The first kappa shape index (κ1) is 11.2. The molecule has 0 heterocycles. The van der Waals surface area contributed by atoms with Crippen LogP contribution < -0.4 is 0 Å². The standard InChI is InChI=1S/C12H6Cl2I/c13-9-5-3-6-10(14)12(9)8-4-1-2-7-11(8)15/h1-5,7H. The molecule has 0 fully saturated rings. The van der Waals surface area contributed by atoms with Crippen molar-refractivity contribution >= 4 is 45.8 Å². The van der Waals surface area contributed by atoms with E-state index in [9.17, 15) is 0 Å². The Labute approximate surface area is 112 Å². The SMILES string of the molecule is Clc1[c]ccc(Cl)c1-c1ccccc1I. The normalized spacial score (nSPS) is 10.3. The molecule has 15 heavy (non-hydrogen) atoms. The van der Waals surface area contributed by atoms with E-state index in [0.717, 1.165) is 14.7 Å². The van der Waals surface area contributed by atoms with E-state index in [1.54, 1.807) is 12.1 Å². The van der Waals surface area contributed by atoms with Crippen LogP contribution in [0.3, 0.4) is 0 Å². The molecule has 2 aromatic rings. The van der Waals surface area contributed by atoms with Crippen LogP contribution in [0.15, 0.2) is 36.4 Å². The molecule has 0 aliphatic heterocycles. The zero-order valence-corrected chi connectivity index (χ0v) is 11.3. The molecular formula is C12H6Cl2I. The molecule has 2 rings (SSSR count). The smallest absolute Gasteiger partial charge is 0.0578 e. The number of hydrogen-bond acceptors (Lipinski definition) is 0. The van der Waals surface area contributed by atoms with Crippen LogP contribution in [0.1, 0.15) is 0 Å². The van der Waals surface area contributed by atoms with E-state index in [1.807, 2.05) is 24.3 Å². The van der Waals surface area contributed by atoms with Crippen molar-refractivity contribution in [2.24, 2.45) is 0 Å². The second-order valence-electron chi connectivity index (χ2n) is 2.99. The van der Waals surface area contributed by atoms with Crippen molar-refractivity contribution in [2.75, 3.05) is 0 Å². The van der Waals surface area contributed by atoms with Crippen LogP contribution in [0.2, 0.25) is 10.0 Å². The zero-order valence-electron chi connectivity index (χ0n) is 7.60. The van der Waals surface area contributed by atoms with Crippen LogP contribution in [0.5, 0.6) is 0 Å². The molecule has 0 atom stereocenters. The van der Waals surface area contributed by atoms with E-state index in [0.29, 0.717) is 10.0 Å². The van der Waals surface area contributed by atoms with Crippen LogP contribution in [0.4, 0.5) is 0 Å². The van der Waals surface area contributed by atoms with Gasteiger partial charge in [0.25, 0.3) is 0 Å². The molecule has 0 aliphatic rings. The summed E-state index contributed by atoms with van der Waals surface area (Å²) in [5, 5.41) is 1.22. The van der Waals surface area contributed by atoms with Gasteiger partial charge in [-0.25, -0.2) is 0 Å². The Kier molecular flexibility index (Phi) is 3.54. The molecule has 0 saturated carbocycles. The third kappa shape index (κ3) is 2.30. The highest BCUT2D eigenvalue weighted by atomic mass is 127. The van der Waals surface area contributed by atoms with Gasteiger partial charge in [0, 0.05) is 20.2 Å². The third-order valence-electron chi connectivity index (χ3n) is 2.04. The lowest BCUT2D eigenvalue weighted by Gasteiger charge is -2.08. The Bertz CT molecular complexity index is 474. The largest absolute Gasteiger partial charge is 0.0836 e. The van der Waals surface area contributed by atoms with Crippen molar-refractivity contribution in [1.82, 2.24) is 0 Å². The van der Waals surface area contributed by atoms with E-state index in [-0.39, 0.29) is 0 Å². The number of halogens is 3. The molecule has 0 N–H and O–H groups in total. The first-order chi connectivity index (χ1) is 7.20. The summed E-state index contributed by atoms with van der Waals surface area (Å²) in [6.07, 6.45) is 0. The quantitative estimate of drug-likeness (QED) is 0.632. The Balaban J connectivity index is 2.69. The van der Waals surface area contributed by atoms with E-state index >= 15 is 0 Å². The molecule has 75 valence electrons. The van der Waals surface area contributed by atoms with Gasteiger partial charge in [-0.3, -0.25) is 0 Å². The van der Waals surface area contributed by atoms with Gasteiger partial charge in [-0.15, -0.1) is 0 Å². The van der Waals surface area contributed by atoms with E-state index in [2.05, 4.69) is 28.7 Å². The molecule has 0 spiro atoms. The van der Waals surface area contributed by atoms with Gasteiger partial charge in [-0.2, -0.15) is 0 Å². The lowest BCUT2D eigenvalue weighted by atomic mass is 10.1. The molecule has 0 bridgehead atoms. The van der Waals surface area contributed by atoms with Gasteiger partial charge in [0.05, 0.1) is 5.02 Å². The van der Waals surface area contributed by atoms with Crippen molar-refractivity contribution in [1.29, 1.82) is 0 Å². The highest BCUT2D eigenvalue weighted by Crippen LogP contribution is 2.36. The lowest BCUT2D eigenvalue weighted by molar-refractivity contribution is 1.57. The van der Waals surface area contributed by atoms with Gasteiger partial charge >= 0.3 is 0 Å². The fourth-order valence-corrected chi connectivity index (χ4v) is 2.59. The minimum absolute atomic E-state index is 0.562. The summed E-state index contributed by atoms with van der Waals surface area (Å²) in [6.45, 7) is 0. The average molecular weight is 348 g/mol. The van der Waals surface area contributed by atoms with Crippen molar-refractivity contribution in [3.05, 3.63) is 56.1 Å². The van der Waals surface area contributed by atoms with Gasteiger partial charge < -0.3 is 0 Å². The number of hydrogen-bond donors (Lipinski definition) is 0. The Morgan fingerprint density at radius 3 is 2.47 bits per heavy atom. The maximum absolute atomic E-state index is 6.13. The highest BCUT2D eigenvalue weighted by molar-refractivity contribution is 14.1. The molecule has 1 radical (unpaired) electrons. The molecule has 0 aliphatic carbocycles. The van der Waals surface area contributed by atoms with Crippen molar-refractivity contribution in [3.8, 4) is 11.1 Å². The zero-order chi connectivity index (χ0) is 10.8. The van der Waals surface area contributed by atoms with Crippen LogP contribution in [-0.2, 0) is 0 Å². The van der Waals surface area contributed by atoms with E-state index < -0.39 is 0 Å². The van der Waals surface area contributed by atoms with Crippen LogP contribution >= 0.6 is 45.8 Å². The predicted molar refractivity (Wildman–Crippen MR) is 73.5 cm³/mol. The summed E-state index contributed by atoms with van der Waals surface area (Å²) in [5.74, 6) is 0. The molecule has 0 saturated heterocycles. The van der Waals surface area contributed by atoms with E-state index in [1.165, 1.54) is 0 Å². The van der Waals surface area contributed by atoms with Crippen LogP contribution in [0, 0.1) is 9.64 Å². The number of rotatable bonds is 1. The molecule has 0 nitrogen and oxygen atoms in total. The molecule has 0 amide bonds. The first-order valence-electron chi connectivity index (χ1n) is 4.30. The molecule has 0 unspecified atom stereocenters. The summed E-state index contributed by atoms with van der Waals surface area (Å²) in [5.41, 5.74) is 1.90. The molecule has 3 heteroatoms. The Hall–Kier alpha value is -0.250. The molecule has 2 aromatic carbocycles. The average Bonchev–Trinajstić information content (AvgIpc) is 2.20. The third-order valence-corrected chi connectivity index (χ3v) is 3.59. The Morgan fingerprint density at radius 1 is 1.07 bits per heavy atom. The van der Waals surface area contributed by atoms with E-state index in [4.69, 9.17) is 23.2 Å². The monoisotopic (exact) mass is 347 g/mol. The highest BCUT2D eigenvalue weighted by Gasteiger charge is 2.10. The molecule has 0 aromatic heterocycles. The minimum Gasteiger partial charge on any atom is -0.0836 e. The van der Waals surface area contributed by atoms with Crippen molar-refractivity contribution in [3.63, 3.8) is 0 Å². The van der Waals surface area contributed by atoms with Gasteiger partial charge in [0.2, 0.25) is 0 Å². The van der Waals surface area contributed by atoms with Gasteiger partial charge in [0.1, 0.15) is 0 Å². The fourth-order valence-electron chi connectivity index (χ4n) is 1.36.